The number of benzene rings is 8. The highest BCUT2D eigenvalue weighted by Gasteiger charge is 2.30. The average molecular weight is 1570 g/mol. The summed E-state index contributed by atoms with van der Waals surface area (Å²) in [4.78, 5) is 2.73. The quantitative estimate of drug-likeness (QED) is 0.0370. The Labute approximate surface area is 716 Å². The van der Waals surface area contributed by atoms with Crippen LogP contribution >= 0.6 is 0 Å². The minimum absolute atomic E-state index is 0.337. The number of hydrogen-bond donors (Lipinski definition) is 3. The van der Waals surface area contributed by atoms with Crippen molar-refractivity contribution in [3.8, 4) is 55.6 Å². The zero-order valence-corrected chi connectivity index (χ0v) is 80.3. The van der Waals surface area contributed by atoms with Crippen molar-refractivity contribution in [2.45, 2.75) is 338 Å². The fourth-order valence-electron chi connectivity index (χ4n) is 18.2. The van der Waals surface area contributed by atoms with Crippen LogP contribution < -0.4 is 16.0 Å². The maximum Gasteiger partial charge on any atom is 0.0353 e. The molecule has 117 heavy (non-hydrogen) atoms. The molecule has 632 valence electrons. The van der Waals surface area contributed by atoms with Gasteiger partial charge < -0.3 is 16.0 Å². The summed E-state index contributed by atoms with van der Waals surface area (Å²) in [5.41, 5.74) is 45.7. The Kier molecular flexibility index (Phi) is 32.0. The molecule has 0 saturated heterocycles. The van der Waals surface area contributed by atoms with E-state index in [9.17, 15) is 0 Å². The summed E-state index contributed by atoms with van der Waals surface area (Å²) >= 11 is 0. The molecule has 0 spiro atoms. The first-order valence-corrected chi connectivity index (χ1v) is 46.4. The number of nitrogens with zero attached hydrogens (tertiary/aromatic N) is 1. The molecule has 8 aromatic carbocycles. The van der Waals surface area contributed by atoms with E-state index in [2.05, 4.69) is 391 Å². The van der Waals surface area contributed by atoms with Crippen LogP contribution in [0.2, 0.25) is 0 Å². The van der Waals surface area contributed by atoms with Crippen molar-refractivity contribution in [3.05, 3.63) is 233 Å². The van der Waals surface area contributed by atoms with E-state index in [1.165, 1.54) is 184 Å². The van der Waals surface area contributed by atoms with Gasteiger partial charge in [-0.2, -0.15) is 0 Å². The highest BCUT2D eigenvalue weighted by molar-refractivity contribution is 5.91. The lowest BCUT2D eigenvalue weighted by atomic mass is 9.75. The third kappa shape index (κ3) is 21.9. The van der Waals surface area contributed by atoms with Gasteiger partial charge in [-0.15, -0.1) is 0 Å². The molecule has 3 N–H and O–H groups in total. The van der Waals surface area contributed by atoms with E-state index in [4.69, 9.17) is 0 Å². The van der Waals surface area contributed by atoms with Crippen molar-refractivity contribution in [2.24, 2.45) is 11.8 Å². The third-order valence-corrected chi connectivity index (χ3v) is 25.5. The summed E-state index contributed by atoms with van der Waals surface area (Å²) in [6, 6.07) is 48.2. The van der Waals surface area contributed by atoms with E-state index in [0.29, 0.717) is 101 Å². The molecule has 0 bridgehead atoms. The van der Waals surface area contributed by atoms with Crippen molar-refractivity contribution in [1.82, 2.24) is 4.90 Å². The van der Waals surface area contributed by atoms with E-state index in [1.54, 1.807) is 0 Å². The zero-order valence-electron chi connectivity index (χ0n) is 80.3. The monoisotopic (exact) mass is 1570 g/mol. The van der Waals surface area contributed by atoms with Crippen molar-refractivity contribution < 1.29 is 0 Å². The van der Waals surface area contributed by atoms with Crippen LogP contribution in [0.25, 0.3) is 61.2 Å². The SMILES string of the molecule is C/C=C1/C=C(C(C)C)C(c2cc(NCCN(CCNc3cc(-c4c(C(C)C)cc(C(C)C)cc4C(C)C)cc(-c4c(C(C)C)cc(C(C)C)cc4C(C)C)c3)CCNc3cc(-c4c(C(C)C)cc(C(C)C)cc4C(C)C)cc(-c4c(C(C)C)cc(C(C)C)cc4C(C)C)c3)cc(-c3c(C(C)C)cc(C(C)C)cc3C(C)C)c2)=C(C(C)C)C1. The fraction of sp³-hybridized carbons (Fsp3) is 0.522. The van der Waals surface area contributed by atoms with Crippen LogP contribution in [0, 0.1) is 11.8 Å². The molecule has 4 nitrogen and oxygen atoms in total. The van der Waals surface area contributed by atoms with E-state index >= 15 is 0 Å². The zero-order chi connectivity index (χ0) is 86.4. The molecule has 0 atom stereocenters. The Balaban J connectivity index is 1.24. The predicted molar refractivity (Wildman–Crippen MR) is 523 cm³/mol. The number of allylic oxidation sites excluding steroid dienone is 6. The summed E-state index contributed by atoms with van der Waals surface area (Å²) in [5, 5.41) is 12.7. The van der Waals surface area contributed by atoms with Gasteiger partial charge in [0.1, 0.15) is 0 Å². The van der Waals surface area contributed by atoms with E-state index in [0.717, 1.165) is 45.7 Å². The largest absolute Gasteiger partial charge is 0.384 e. The first-order chi connectivity index (χ1) is 55.0. The highest BCUT2D eigenvalue weighted by atomic mass is 15.2. The molecular weight excluding hydrogens is 1410 g/mol. The lowest BCUT2D eigenvalue weighted by Gasteiger charge is -2.30. The van der Waals surface area contributed by atoms with Gasteiger partial charge in [0.15, 0.2) is 0 Å². The van der Waals surface area contributed by atoms with Crippen LogP contribution in [0.15, 0.2) is 144 Å². The molecule has 0 amide bonds. The van der Waals surface area contributed by atoms with E-state index in [-0.39, 0.29) is 0 Å². The maximum atomic E-state index is 4.24. The maximum absolute atomic E-state index is 4.24. The first-order valence-electron chi connectivity index (χ1n) is 46.4. The van der Waals surface area contributed by atoms with Gasteiger partial charge in [-0.1, -0.05) is 314 Å². The summed E-state index contributed by atoms with van der Waals surface area (Å²) in [6.45, 7) is 88.2. The average Bonchev–Trinajstić information content (AvgIpc) is 0.759. The standard InChI is InChI=1S/C113H160N4/c1-36-81-43-96(69(12)13)108(97(44-81)70(14)15)87-45-88(109-98(71(16)17)54-82(64(2)3)55-99(109)72(18)19)49-93(48-87)114-37-40-117(41-38-115-94-50-89(110-100(73(20)21)56-83(65(4)5)57-101(110)74(22)23)46-90(51-94)111-102(75(24)25)58-84(66(6)7)59-103(111)76(26)27)42-39-116-95-52-91(112-104(77(28)29)60-85(67(8)9)61-105(112)78(30)31)47-92(53-95)113-106(79(32)33)62-86(68(10)11)63-107(113)80(34)35/h36,43,45-80,114-116H,37-42,44H2,1-35H3/b81-36-. The molecule has 0 radical (unpaired) electrons. The van der Waals surface area contributed by atoms with Gasteiger partial charge in [0.25, 0.3) is 0 Å². The summed E-state index contributed by atoms with van der Waals surface area (Å²) in [6.07, 6.45) is 5.83. The molecule has 0 saturated carbocycles. The van der Waals surface area contributed by atoms with Crippen LogP contribution in [0.4, 0.5) is 17.1 Å². The molecule has 1 aliphatic carbocycles. The van der Waals surface area contributed by atoms with Gasteiger partial charge in [0.2, 0.25) is 0 Å². The molecule has 0 aromatic heterocycles. The van der Waals surface area contributed by atoms with Gasteiger partial charge in [0.05, 0.1) is 0 Å². The van der Waals surface area contributed by atoms with Gasteiger partial charge >= 0.3 is 0 Å². The second-order valence-electron chi connectivity index (χ2n) is 40.6. The molecule has 9 rings (SSSR count). The van der Waals surface area contributed by atoms with Crippen molar-refractivity contribution >= 4 is 22.6 Å². The van der Waals surface area contributed by atoms with Crippen LogP contribution in [-0.2, 0) is 0 Å². The highest BCUT2D eigenvalue weighted by Crippen LogP contribution is 2.51. The summed E-state index contributed by atoms with van der Waals surface area (Å²) < 4.78 is 0. The Bertz CT molecular complexity index is 4300. The van der Waals surface area contributed by atoms with Gasteiger partial charge in [-0.05, 0) is 330 Å². The van der Waals surface area contributed by atoms with Crippen molar-refractivity contribution in [3.63, 3.8) is 0 Å². The lowest BCUT2D eigenvalue weighted by molar-refractivity contribution is 0.306. The predicted octanol–water partition coefficient (Wildman–Crippen LogP) is 34.2. The first kappa shape index (κ1) is 93.2. The van der Waals surface area contributed by atoms with Crippen LogP contribution in [0.3, 0.4) is 0 Å². The van der Waals surface area contributed by atoms with Crippen LogP contribution in [-0.4, -0.2) is 44.2 Å². The topological polar surface area (TPSA) is 39.3 Å². The second kappa shape index (κ2) is 40.1. The second-order valence-corrected chi connectivity index (χ2v) is 40.6. The molecule has 4 heteroatoms. The Morgan fingerprint density at radius 3 is 0.632 bits per heavy atom. The fourth-order valence-corrected chi connectivity index (χ4v) is 18.2. The Morgan fingerprint density at radius 2 is 0.453 bits per heavy atom. The number of anilines is 3. The van der Waals surface area contributed by atoms with Gasteiger partial charge in [-0.25, -0.2) is 0 Å². The van der Waals surface area contributed by atoms with E-state index in [1.807, 2.05) is 0 Å². The third-order valence-electron chi connectivity index (χ3n) is 25.5. The van der Waals surface area contributed by atoms with E-state index < -0.39 is 0 Å². The van der Waals surface area contributed by atoms with Crippen molar-refractivity contribution in [2.75, 3.05) is 55.2 Å². The van der Waals surface area contributed by atoms with Gasteiger partial charge in [-0.3, -0.25) is 4.90 Å². The van der Waals surface area contributed by atoms with Crippen molar-refractivity contribution in [1.29, 1.82) is 0 Å². The number of rotatable bonds is 35. The lowest BCUT2D eigenvalue weighted by Crippen LogP contribution is -2.36. The molecule has 0 fully saturated rings. The molecular formula is C113H160N4. The number of nitrogens with one attached hydrogen (secondary N) is 3. The molecule has 0 unspecified atom stereocenters. The summed E-state index contributed by atoms with van der Waals surface area (Å²) in [5.74, 6) is 6.23. The molecule has 0 heterocycles. The Hall–Kier alpha value is -7.66. The molecule has 1 aliphatic rings. The number of hydrogen-bond acceptors (Lipinski definition) is 4. The smallest absolute Gasteiger partial charge is 0.0353 e. The van der Waals surface area contributed by atoms with Crippen LogP contribution in [0.5, 0.6) is 0 Å². The normalized spacial score (nSPS) is 13.6. The molecule has 8 aromatic rings. The minimum atomic E-state index is 0.337. The van der Waals surface area contributed by atoms with Gasteiger partial charge in [0, 0.05) is 56.3 Å². The Morgan fingerprint density at radius 1 is 0.248 bits per heavy atom. The summed E-state index contributed by atoms with van der Waals surface area (Å²) in [7, 11) is 0. The van der Waals surface area contributed by atoms with Crippen LogP contribution in [0.1, 0.15) is 427 Å². The minimum Gasteiger partial charge on any atom is -0.384 e. The molecule has 0 aliphatic heterocycles.